The summed E-state index contributed by atoms with van der Waals surface area (Å²) in [7, 11) is -3.48. The molecule has 4 nitrogen and oxygen atoms in total. The Kier molecular flexibility index (Phi) is 5.55. The largest absolute Gasteiger partial charge is 0.478 e. The van der Waals surface area contributed by atoms with E-state index in [9.17, 15) is 13.2 Å². The molecule has 0 aliphatic carbocycles. The van der Waals surface area contributed by atoms with E-state index in [-0.39, 0.29) is 22.1 Å². The maximum atomic E-state index is 12.3. The van der Waals surface area contributed by atoms with Crippen LogP contribution in [0, 0.1) is 5.92 Å². The number of rotatable bonds is 6. The smallest absolute Gasteiger partial charge is 0.335 e. The number of hydrogen-bond acceptors (Lipinski definition) is 3. The molecule has 0 bridgehead atoms. The summed E-state index contributed by atoms with van der Waals surface area (Å²) in [5.74, 6) is -1.00. The molecule has 0 aliphatic rings. The zero-order valence-corrected chi connectivity index (χ0v) is 13.3. The van der Waals surface area contributed by atoms with Crippen LogP contribution in [0.15, 0.2) is 27.6 Å². The van der Waals surface area contributed by atoms with Crippen LogP contribution in [0.5, 0.6) is 0 Å². The maximum absolute atomic E-state index is 12.3. The normalized spacial score (nSPS) is 11.8. The van der Waals surface area contributed by atoms with E-state index in [1.807, 2.05) is 13.8 Å². The molecule has 0 aliphatic heterocycles. The molecule has 0 fully saturated rings. The lowest BCUT2D eigenvalue weighted by Crippen LogP contribution is -2.16. The van der Waals surface area contributed by atoms with Crippen molar-refractivity contribution < 1.29 is 18.3 Å². The molecule has 0 heterocycles. The minimum Gasteiger partial charge on any atom is -0.478 e. The Hall–Kier alpha value is -0.880. The average Bonchev–Trinajstić information content (AvgIpc) is 2.35. The van der Waals surface area contributed by atoms with Crippen LogP contribution in [0.4, 0.5) is 0 Å². The first-order valence-electron chi connectivity index (χ1n) is 6.07. The molecule has 0 saturated carbocycles. The number of sulfone groups is 1. The first-order valence-corrected chi connectivity index (χ1v) is 8.52. The highest BCUT2D eigenvalue weighted by molar-refractivity contribution is 9.10. The number of hydrogen-bond donors (Lipinski definition) is 1. The molecule has 1 N–H and O–H groups in total. The molecule has 6 heteroatoms. The number of halogens is 1. The molecule has 0 amide bonds. The van der Waals surface area contributed by atoms with E-state index in [4.69, 9.17) is 5.11 Å². The third kappa shape index (κ3) is 4.04. The van der Waals surface area contributed by atoms with Gasteiger partial charge < -0.3 is 5.11 Å². The Morgan fingerprint density at radius 1 is 1.32 bits per heavy atom. The van der Waals surface area contributed by atoms with Gasteiger partial charge in [-0.15, -0.1) is 0 Å². The van der Waals surface area contributed by atoms with E-state index in [0.29, 0.717) is 4.47 Å². The maximum Gasteiger partial charge on any atom is 0.335 e. The lowest BCUT2D eigenvalue weighted by molar-refractivity contribution is 0.0696. The SMILES string of the molecule is CCC(CC)CS(=O)(=O)c1cc(C(=O)O)ccc1Br. The molecule has 0 atom stereocenters. The van der Waals surface area contributed by atoms with Crippen molar-refractivity contribution in [2.24, 2.45) is 5.92 Å². The quantitative estimate of drug-likeness (QED) is 0.855. The summed E-state index contributed by atoms with van der Waals surface area (Å²) in [4.78, 5) is 11.0. The summed E-state index contributed by atoms with van der Waals surface area (Å²) in [5.41, 5.74) is -0.0219. The van der Waals surface area contributed by atoms with Gasteiger partial charge in [0.2, 0.25) is 0 Å². The molecule has 19 heavy (non-hydrogen) atoms. The van der Waals surface area contributed by atoms with E-state index in [0.717, 1.165) is 12.8 Å². The van der Waals surface area contributed by atoms with Crippen LogP contribution in [0.3, 0.4) is 0 Å². The Labute approximate surface area is 121 Å². The van der Waals surface area contributed by atoms with E-state index in [1.165, 1.54) is 18.2 Å². The van der Waals surface area contributed by atoms with Gasteiger partial charge in [0.1, 0.15) is 0 Å². The van der Waals surface area contributed by atoms with Gasteiger partial charge in [-0.1, -0.05) is 26.7 Å². The van der Waals surface area contributed by atoms with Gasteiger partial charge in [0.05, 0.1) is 16.2 Å². The highest BCUT2D eigenvalue weighted by Gasteiger charge is 2.23. The van der Waals surface area contributed by atoms with Crippen molar-refractivity contribution in [2.75, 3.05) is 5.75 Å². The number of benzene rings is 1. The molecule has 106 valence electrons. The molecule has 0 aromatic heterocycles. The third-order valence-electron chi connectivity index (χ3n) is 3.12. The first kappa shape index (κ1) is 16.2. The van der Waals surface area contributed by atoms with Crippen LogP contribution < -0.4 is 0 Å². The number of carbonyl (C=O) groups is 1. The second-order valence-corrected chi connectivity index (χ2v) is 7.27. The van der Waals surface area contributed by atoms with Crippen molar-refractivity contribution in [3.63, 3.8) is 0 Å². The van der Waals surface area contributed by atoms with E-state index in [1.54, 1.807) is 0 Å². The van der Waals surface area contributed by atoms with Gasteiger partial charge in [-0.05, 0) is 40.0 Å². The van der Waals surface area contributed by atoms with Gasteiger partial charge >= 0.3 is 5.97 Å². The van der Waals surface area contributed by atoms with Crippen LogP contribution >= 0.6 is 15.9 Å². The Morgan fingerprint density at radius 3 is 2.37 bits per heavy atom. The van der Waals surface area contributed by atoms with Gasteiger partial charge in [0.15, 0.2) is 9.84 Å². The van der Waals surface area contributed by atoms with Gasteiger partial charge in [0.25, 0.3) is 0 Å². The van der Waals surface area contributed by atoms with Crippen molar-refractivity contribution in [1.29, 1.82) is 0 Å². The van der Waals surface area contributed by atoms with Crippen LogP contribution in [-0.4, -0.2) is 25.2 Å². The summed E-state index contributed by atoms with van der Waals surface area (Å²) in [6, 6.07) is 4.05. The molecule has 0 saturated heterocycles. The first-order chi connectivity index (χ1) is 8.81. The van der Waals surface area contributed by atoms with Crippen LogP contribution in [-0.2, 0) is 9.84 Å². The predicted octanol–water partition coefficient (Wildman–Crippen LogP) is 3.36. The Morgan fingerprint density at radius 2 is 1.89 bits per heavy atom. The number of aromatic carboxylic acids is 1. The van der Waals surface area contributed by atoms with Crippen molar-refractivity contribution in [3.05, 3.63) is 28.2 Å². The Bertz CT molecular complexity index is 562. The fourth-order valence-corrected chi connectivity index (χ4v) is 4.73. The van der Waals surface area contributed by atoms with Crippen LogP contribution in [0.25, 0.3) is 0 Å². The molecule has 0 radical (unpaired) electrons. The molecule has 1 aromatic rings. The van der Waals surface area contributed by atoms with Crippen molar-refractivity contribution >= 4 is 31.7 Å². The molecule has 1 aromatic carbocycles. The van der Waals surface area contributed by atoms with Crippen molar-refractivity contribution in [1.82, 2.24) is 0 Å². The molecule has 0 spiro atoms. The number of carboxylic acid groups (broad SMARTS) is 1. The monoisotopic (exact) mass is 348 g/mol. The van der Waals surface area contributed by atoms with Gasteiger partial charge in [-0.25, -0.2) is 13.2 Å². The lowest BCUT2D eigenvalue weighted by Gasteiger charge is -2.14. The summed E-state index contributed by atoms with van der Waals surface area (Å²) >= 11 is 3.18. The second kappa shape index (κ2) is 6.52. The minimum atomic E-state index is -3.48. The standard InChI is InChI=1S/C13H17BrO4S/c1-3-9(4-2)8-19(17,18)12-7-10(13(15)16)5-6-11(12)14/h5-7,9H,3-4,8H2,1-2H3,(H,15,16). The van der Waals surface area contributed by atoms with Crippen molar-refractivity contribution in [2.45, 2.75) is 31.6 Å². The van der Waals surface area contributed by atoms with Gasteiger partial charge in [-0.3, -0.25) is 0 Å². The molecule has 0 unspecified atom stereocenters. The average molecular weight is 349 g/mol. The van der Waals surface area contributed by atoms with E-state index in [2.05, 4.69) is 15.9 Å². The fraction of sp³-hybridized carbons (Fsp3) is 0.462. The van der Waals surface area contributed by atoms with Gasteiger partial charge in [0, 0.05) is 4.47 Å². The predicted molar refractivity (Wildman–Crippen MR) is 77.2 cm³/mol. The number of carboxylic acids is 1. The molecular formula is C13H17BrO4S. The summed E-state index contributed by atoms with van der Waals surface area (Å²) in [5, 5.41) is 8.93. The van der Waals surface area contributed by atoms with E-state index < -0.39 is 15.8 Å². The van der Waals surface area contributed by atoms with Crippen molar-refractivity contribution in [3.8, 4) is 0 Å². The van der Waals surface area contributed by atoms with Crippen LogP contribution in [0.1, 0.15) is 37.0 Å². The highest BCUT2D eigenvalue weighted by atomic mass is 79.9. The second-order valence-electron chi connectivity index (χ2n) is 4.41. The Balaban J connectivity index is 3.20. The zero-order valence-electron chi connectivity index (χ0n) is 10.9. The highest BCUT2D eigenvalue weighted by Crippen LogP contribution is 2.26. The third-order valence-corrected chi connectivity index (χ3v) is 6.00. The minimum absolute atomic E-state index is 0.0219. The summed E-state index contributed by atoms with van der Waals surface area (Å²) in [6.45, 7) is 3.90. The van der Waals surface area contributed by atoms with Gasteiger partial charge in [-0.2, -0.15) is 0 Å². The van der Waals surface area contributed by atoms with Crippen LogP contribution in [0.2, 0.25) is 0 Å². The molecular weight excluding hydrogens is 332 g/mol. The summed E-state index contributed by atoms with van der Waals surface area (Å²) < 4.78 is 25.1. The van der Waals surface area contributed by atoms with E-state index >= 15 is 0 Å². The fourth-order valence-electron chi connectivity index (χ4n) is 1.80. The summed E-state index contributed by atoms with van der Waals surface area (Å²) in [6.07, 6.45) is 1.57. The lowest BCUT2D eigenvalue weighted by atomic mass is 10.1. The zero-order chi connectivity index (χ0) is 14.6. The topological polar surface area (TPSA) is 71.4 Å². The molecule has 1 rings (SSSR count).